The molecule has 0 radical (unpaired) electrons. The Bertz CT molecular complexity index is 863. The highest BCUT2D eigenvalue weighted by atomic mass is 35.5. The average Bonchev–Trinajstić information content (AvgIpc) is 2.65. The first-order chi connectivity index (χ1) is 14.8. The van der Waals surface area contributed by atoms with Crippen LogP contribution in [0.3, 0.4) is 0 Å². The molecule has 0 aliphatic carbocycles. The van der Waals surface area contributed by atoms with Crippen molar-refractivity contribution in [3.05, 3.63) is 22.8 Å². The number of aliphatic imine (C=N–C) groups is 1. The van der Waals surface area contributed by atoms with Gasteiger partial charge in [-0.15, -0.1) is 0 Å². The van der Waals surface area contributed by atoms with Crippen LogP contribution >= 0.6 is 11.6 Å². The molecule has 0 spiro atoms. The zero-order valence-corrected chi connectivity index (χ0v) is 19.2. The second-order valence-electron chi connectivity index (χ2n) is 8.19. The van der Waals surface area contributed by atoms with E-state index in [1.165, 1.54) is 0 Å². The number of hydrogen-bond donors (Lipinski definition) is 1. The molecule has 8 nitrogen and oxygen atoms in total. The molecule has 2 amide bonds. The summed E-state index contributed by atoms with van der Waals surface area (Å²) in [4.78, 5) is 35.8. The molecular weight excluding hydrogens is 451 g/mol. The minimum absolute atomic E-state index is 0.0988. The molecule has 0 bridgehead atoms. The molecule has 12 heteroatoms. The third-order valence-corrected chi connectivity index (χ3v) is 4.69. The molecular formula is C20H27ClF3N5O3. The molecule has 0 unspecified atom stereocenters. The van der Waals surface area contributed by atoms with E-state index in [-0.39, 0.29) is 29.7 Å². The van der Waals surface area contributed by atoms with E-state index >= 15 is 0 Å². The van der Waals surface area contributed by atoms with Crippen LogP contribution in [0.1, 0.15) is 39.7 Å². The van der Waals surface area contributed by atoms with Gasteiger partial charge in [0.2, 0.25) is 0 Å². The maximum absolute atomic E-state index is 12.8. The van der Waals surface area contributed by atoms with Crippen molar-refractivity contribution in [3.63, 3.8) is 0 Å². The Balaban J connectivity index is 2.13. The number of ether oxygens (including phenoxy) is 1. The van der Waals surface area contributed by atoms with Crippen molar-refractivity contribution in [1.29, 1.82) is 0 Å². The highest BCUT2D eigenvalue weighted by Gasteiger charge is 2.32. The normalized spacial score (nSPS) is 15.6. The first-order valence-corrected chi connectivity index (χ1v) is 10.5. The summed E-state index contributed by atoms with van der Waals surface area (Å²) in [5.74, 6) is -0.00492. The number of alkyl halides is 3. The minimum Gasteiger partial charge on any atom is -0.466 e. The average molecular weight is 478 g/mol. The SMILES string of the molecule is CCOC(=O)CC(=NC(=O)NC(C)(C)C)N1CCN(c2ncc(C(F)(F)F)cc2Cl)CC1. The Morgan fingerprint density at radius 1 is 1.22 bits per heavy atom. The minimum atomic E-state index is -4.53. The molecule has 1 N–H and O–H groups in total. The van der Waals surface area contributed by atoms with Gasteiger partial charge in [-0.1, -0.05) is 11.6 Å². The quantitative estimate of drug-likeness (QED) is 0.404. The Morgan fingerprint density at radius 3 is 2.34 bits per heavy atom. The van der Waals surface area contributed by atoms with Crippen LogP contribution in [-0.2, 0) is 15.7 Å². The van der Waals surface area contributed by atoms with E-state index < -0.39 is 29.3 Å². The van der Waals surface area contributed by atoms with Gasteiger partial charge in [0.15, 0.2) is 0 Å². The summed E-state index contributed by atoms with van der Waals surface area (Å²) in [6, 6.07) is 0.271. The van der Waals surface area contributed by atoms with Crippen molar-refractivity contribution in [1.82, 2.24) is 15.2 Å². The number of aromatic nitrogens is 1. The molecule has 1 fully saturated rings. The number of carbonyl (C=O) groups excluding carboxylic acids is 2. The third-order valence-electron chi connectivity index (χ3n) is 4.41. The van der Waals surface area contributed by atoms with Crippen molar-refractivity contribution < 1.29 is 27.5 Å². The number of nitrogens with one attached hydrogen (secondary N) is 1. The largest absolute Gasteiger partial charge is 0.466 e. The maximum atomic E-state index is 12.8. The van der Waals surface area contributed by atoms with E-state index in [1.54, 1.807) is 16.7 Å². The van der Waals surface area contributed by atoms with Gasteiger partial charge in [-0.3, -0.25) is 4.79 Å². The third kappa shape index (κ3) is 7.54. The van der Waals surface area contributed by atoms with Crippen LogP contribution in [0.4, 0.5) is 23.8 Å². The standard InChI is InChI=1S/C20H27ClF3N5O3/c1-5-32-16(30)11-15(26-18(31)27-19(2,3)4)28-6-8-29(9-7-28)17-14(21)10-13(12-25-17)20(22,23)24/h10,12H,5-9,11H2,1-4H3,(H,27,31). The van der Waals surface area contributed by atoms with Crippen LogP contribution in [0.5, 0.6) is 0 Å². The number of piperazine rings is 1. The number of nitrogens with zero attached hydrogens (tertiary/aromatic N) is 4. The highest BCUT2D eigenvalue weighted by molar-refractivity contribution is 6.33. The van der Waals surface area contributed by atoms with Gasteiger partial charge in [0.05, 0.1) is 17.2 Å². The van der Waals surface area contributed by atoms with Gasteiger partial charge in [0.25, 0.3) is 0 Å². The number of amidine groups is 1. The number of rotatable bonds is 4. The number of pyridine rings is 1. The number of anilines is 1. The number of esters is 1. The predicted octanol–water partition coefficient (Wildman–Crippen LogP) is 3.74. The van der Waals surface area contributed by atoms with E-state index in [9.17, 15) is 22.8 Å². The summed E-state index contributed by atoms with van der Waals surface area (Å²) in [7, 11) is 0. The number of hydrogen-bond acceptors (Lipinski definition) is 5. The summed E-state index contributed by atoms with van der Waals surface area (Å²) < 4.78 is 43.5. The lowest BCUT2D eigenvalue weighted by Crippen LogP contribution is -2.50. The number of amides is 2. The van der Waals surface area contributed by atoms with Gasteiger partial charge in [0, 0.05) is 37.9 Å². The molecule has 1 aromatic rings. The highest BCUT2D eigenvalue weighted by Crippen LogP contribution is 2.33. The Hall–Kier alpha value is -2.56. The lowest BCUT2D eigenvalue weighted by atomic mass is 10.1. The van der Waals surface area contributed by atoms with Gasteiger partial charge in [-0.05, 0) is 33.8 Å². The van der Waals surface area contributed by atoms with Gasteiger partial charge in [0.1, 0.15) is 18.1 Å². The lowest BCUT2D eigenvalue weighted by Gasteiger charge is -2.37. The number of carbonyl (C=O) groups is 2. The first-order valence-electron chi connectivity index (χ1n) is 10.1. The first kappa shape index (κ1) is 25.7. The lowest BCUT2D eigenvalue weighted by molar-refractivity contribution is -0.141. The summed E-state index contributed by atoms with van der Waals surface area (Å²) in [5.41, 5.74) is -1.42. The second-order valence-corrected chi connectivity index (χ2v) is 8.60. The molecule has 178 valence electrons. The summed E-state index contributed by atoms with van der Waals surface area (Å²) in [5, 5.41) is 2.62. The number of urea groups is 1. The van der Waals surface area contributed by atoms with Crippen molar-refractivity contribution in [2.75, 3.05) is 37.7 Å². The Kier molecular flexibility index (Phi) is 8.33. The molecule has 0 atom stereocenters. The fourth-order valence-corrected chi connectivity index (χ4v) is 3.31. The van der Waals surface area contributed by atoms with Crippen LogP contribution in [0.25, 0.3) is 0 Å². The number of halogens is 4. The Labute approximate surface area is 189 Å². The fraction of sp³-hybridized carbons (Fsp3) is 0.600. The summed E-state index contributed by atoms with van der Waals surface area (Å²) in [6.07, 6.45) is -3.96. The van der Waals surface area contributed by atoms with E-state index in [2.05, 4.69) is 15.3 Å². The molecule has 1 aliphatic rings. The van der Waals surface area contributed by atoms with Gasteiger partial charge < -0.3 is 19.9 Å². The van der Waals surface area contributed by atoms with Crippen molar-refractivity contribution in [2.24, 2.45) is 4.99 Å². The van der Waals surface area contributed by atoms with Gasteiger partial charge in [-0.25, -0.2) is 9.78 Å². The molecule has 1 aromatic heterocycles. The fourth-order valence-electron chi connectivity index (χ4n) is 3.02. The van der Waals surface area contributed by atoms with Crippen molar-refractivity contribution >= 4 is 35.3 Å². The van der Waals surface area contributed by atoms with E-state index in [1.807, 2.05) is 20.8 Å². The zero-order valence-electron chi connectivity index (χ0n) is 18.4. The molecule has 32 heavy (non-hydrogen) atoms. The van der Waals surface area contributed by atoms with Gasteiger partial charge in [-0.2, -0.15) is 18.2 Å². The molecule has 0 saturated carbocycles. The monoisotopic (exact) mass is 477 g/mol. The van der Waals surface area contributed by atoms with Crippen molar-refractivity contribution in [2.45, 2.75) is 45.8 Å². The van der Waals surface area contributed by atoms with Crippen molar-refractivity contribution in [3.8, 4) is 0 Å². The molecule has 0 aromatic carbocycles. The second kappa shape index (κ2) is 10.4. The molecule has 2 rings (SSSR count). The summed E-state index contributed by atoms with van der Waals surface area (Å²) >= 11 is 6.05. The van der Waals surface area contributed by atoms with E-state index in [4.69, 9.17) is 16.3 Å². The Morgan fingerprint density at radius 2 is 1.84 bits per heavy atom. The maximum Gasteiger partial charge on any atom is 0.417 e. The predicted molar refractivity (Wildman–Crippen MR) is 115 cm³/mol. The van der Waals surface area contributed by atoms with E-state index in [0.29, 0.717) is 26.2 Å². The van der Waals surface area contributed by atoms with Crippen LogP contribution in [-0.4, -0.2) is 66.0 Å². The van der Waals surface area contributed by atoms with Crippen LogP contribution in [0.15, 0.2) is 17.3 Å². The zero-order chi connectivity index (χ0) is 24.1. The van der Waals surface area contributed by atoms with Gasteiger partial charge >= 0.3 is 18.2 Å². The smallest absolute Gasteiger partial charge is 0.417 e. The topological polar surface area (TPSA) is 87.1 Å². The molecule has 1 aliphatic heterocycles. The van der Waals surface area contributed by atoms with Crippen LogP contribution < -0.4 is 10.2 Å². The van der Waals surface area contributed by atoms with E-state index in [0.717, 1.165) is 12.3 Å². The molecule has 2 heterocycles. The summed E-state index contributed by atoms with van der Waals surface area (Å²) in [6.45, 7) is 8.76. The van der Waals surface area contributed by atoms with Crippen LogP contribution in [0, 0.1) is 0 Å². The van der Waals surface area contributed by atoms with Crippen LogP contribution in [0.2, 0.25) is 5.02 Å². The molecule has 1 saturated heterocycles.